The van der Waals surface area contributed by atoms with Crippen LogP contribution in [0.4, 0.5) is 11.4 Å². The normalized spacial score (nSPS) is 37.1. The highest BCUT2D eigenvalue weighted by atomic mass is 16.2. The molecule has 0 saturated heterocycles. The summed E-state index contributed by atoms with van der Waals surface area (Å²) in [5.74, 6) is 3.50. The number of benzene rings is 1. The van der Waals surface area contributed by atoms with Crippen molar-refractivity contribution in [2.45, 2.75) is 51.4 Å². The molecule has 0 aliphatic heterocycles. The zero-order valence-corrected chi connectivity index (χ0v) is 15.2. The SMILES string of the molecule is O=C(Nc1ccc(NC(=O)[C@@H]2C[C@H]3CC[C@@H]2C3)cc1)[C@H]1C[C@@H]2CC[C@H]1C2. The Hall–Kier alpha value is -1.84. The van der Waals surface area contributed by atoms with Gasteiger partial charge in [0.15, 0.2) is 0 Å². The predicted octanol–water partition coefficient (Wildman–Crippen LogP) is 4.44. The van der Waals surface area contributed by atoms with Crippen LogP contribution in [-0.2, 0) is 9.59 Å². The highest BCUT2D eigenvalue weighted by Gasteiger charge is 2.44. The van der Waals surface area contributed by atoms with Gasteiger partial charge in [-0.25, -0.2) is 0 Å². The quantitative estimate of drug-likeness (QED) is 0.842. The smallest absolute Gasteiger partial charge is 0.227 e. The molecule has 4 nitrogen and oxygen atoms in total. The van der Waals surface area contributed by atoms with Crippen molar-refractivity contribution < 1.29 is 9.59 Å². The molecule has 0 heterocycles. The summed E-state index contributed by atoms with van der Waals surface area (Å²) in [5, 5.41) is 6.15. The Morgan fingerprint density at radius 2 is 1.08 bits per heavy atom. The Labute approximate surface area is 155 Å². The van der Waals surface area contributed by atoms with Crippen molar-refractivity contribution >= 4 is 23.2 Å². The number of rotatable bonds is 4. The van der Waals surface area contributed by atoms with Crippen molar-refractivity contribution in [3.05, 3.63) is 24.3 Å². The molecular formula is C22H28N2O2. The van der Waals surface area contributed by atoms with Gasteiger partial charge >= 0.3 is 0 Å². The van der Waals surface area contributed by atoms with Crippen LogP contribution in [0.25, 0.3) is 0 Å². The van der Waals surface area contributed by atoms with Gasteiger partial charge < -0.3 is 10.6 Å². The van der Waals surface area contributed by atoms with E-state index < -0.39 is 0 Å². The first-order valence-electron chi connectivity index (χ1n) is 10.4. The molecule has 0 spiro atoms. The third-order valence-corrected chi connectivity index (χ3v) is 7.57. The lowest BCUT2D eigenvalue weighted by atomic mass is 9.88. The number of fused-ring (bicyclic) bond motifs is 4. The molecule has 5 rings (SSSR count). The molecule has 6 atom stereocenters. The summed E-state index contributed by atoms with van der Waals surface area (Å²) in [6.45, 7) is 0. The molecule has 26 heavy (non-hydrogen) atoms. The molecule has 0 unspecified atom stereocenters. The van der Waals surface area contributed by atoms with Gasteiger partial charge in [-0.05, 0) is 86.5 Å². The average Bonchev–Trinajstić information content (AvgIpc) is 3.43. The molecule has 4 aliphatic rings. The van der Waals surface area contributed by atoms with Crippen LogP contribution in [0.2, 0.25) is 0 Å². The van der Waals surface area contributed by atoms with Crippen molar-refractivity contribution in [1.82, 2.24) is 0 Å². The van der Waals surface area contributed by atoms with Crippen molar-refractivity contribution in [2.24, 2.45) is 35.5 Å². The summed E-state index contributed by atoms with van der Waals surface area (Å²) in [6, 6.07) is 7.62. The molecule has 4 fully saturated rings. The fourth-order valence-corrected chi connectivity index (χ4v) is 6.24. The second-order valence-electron chi connectivity index (χ2n) is 9.12. The average molecular weight is 352 g/mol. The van der Waals surface area contributed by atoms with Gasteiger partial charge in [-0.2, -0.15) is 0 Å². The number of hydrogen-bond acceptors (Lipinski definition) is 2. The Bertz CT molecular complexity index is 652. The van der Waals surface area contributed by atoms with E-state index in [4.69, 9.17) is 0 Å². The summed E-state index contributed by atoms with van der Waals surface area (Å²) in [7, 11) is 0. The van der Waals surface area contributed by atoms with E-state index in [9.17, 15) is 9.59 Å². The molecule has 0 radical (unpaired) electrons. The van der Waals surface area contributed by atoms with Gasteiger partial charge in [0.1, 0.15) is 0 Å². The van der Waals surface area contributed by atoms with Gasteiger partial charge in [0, 0.05) is 23.2 Å². The fourth-order valence-electron chi connectivity index (χ4n) is 6.24. The van der Waals surface area contributed by atoms with Crippen LogP contribution >= 0.6 is 0 Å². The molecule has 1 aromatic rings. The highest BCUT2D eigenvalue weighted by molar-refractivity contribution is 5.95. The summed E-state index contributed by atoms with van der Waals surface area (Å²) >= 11 is 0. The lowest BCUT2D eigenvalue weighted by Crippen LogP contribution is -2.27. The van der Waals surface area contributed by atoms with Crippen molar-refractivity contribution in [2.75, 3.05) is 10.6 Å². The zero-order valence-electron chi connectivity index (χ0n) is 15.2. The molecule has 4 aliphatic carbocycles. The standard InChI is InChI=1S/C22H28N2O2/c25-21(19-11-13-1-3-15(19)9-13)23-17-5-7-18(8-6-17)24-22(26)20-12-14-2-4-16(20)10-14/h5-8,13-16,19-20H,1-4,9-12H2,(H,23,25)(H,24,26)/t13-,14+,15+,16-,19+,20-. The van der Waals surface area contributed by atoms with E-state index in [1.165, 1.54) is 38.5 Å². The number of hydrogen-bond donors (Lipinski definition) is 2. The molecule has 2 N–H and O–H groups in total. The van der Waals surface area contributed by atoms with Crippen LogP contribution in [-0.4, -0.2) is 11.8 Å². The molecule has 4 bridgehead atoms. The van der Waals surface area contributed by atoms with E-state index in [0.29, 0.717) is 11.8 Å². The third kappa shape index (κ3) is 2.93. The largest absolute Gasteiger partial charge is 0.326 e. The van der Waals surface area contributed by atoms with Crippen LogP contribution in [0.3, 0.4) is 0 Å². The lowest BCUT2D eigenvalue weighted by molar-refractivity contribution is -0.122. The first-order valence-corrected chi connectivity index (χ1v) is 10.4. The number of anilines is 2. The van der Waals surface area contributed by atoms with Gasteiger partial charge in [0.2, 0.25) is 11.8 Å². The second-order valence-corrected chi connectivity index (χ2v) is 9.12. The second kappa shape index (κ2) is 6.40. The van der Waals surface area contributed by atoms with E-state index in [1.54, 1.807) is 0 Å². The Kier molecular flexibility index (Phi) is 4.02. The van der Waals surface area contributed by atoms with Gasteiger partial charge in [-0.3, -0.25) is 9.59 Å². The molecule has 4 saturated carbocycles. The first-order chi connectivity index (χ1) is 12.7. The topological polar surface area (TPSA) is 58.2 Å². The summed E-state index contributed by atoms with van der Waals surface area (Å²) in [4.78, 5) is 25.1. The maximum absolute atomic E-state index is 12.5. The van der Waals surface area contributed by atoms with Gasteiger partial charge in [-0.15, -0.1) is 0 Å². The summed E-state index contributed by atoms with van der Waals surface area (Å²) in [6.07, 6.45) is 9.67. The third-order valence-electron chi connectivity index (χ3n) is 7.57. The zero-order chi connectivity index (χ0) is 17.7. The minimum atomic E-state index is 0.177. The molecule has 0 aromatic heterocycles. The minimum Gasteiger partial charge on any atom is -0.326 e. The summed E-state index contributed by atoms with van der Waals surface area (Å²) in [5.41, 5.74) is 1.66. The van der Waals surface area contributed by atoms with E-state index in [-0.39, 0.29) is 23.7 Å². The Morgan fingerprint density at radius 1 is 0.654 bits per heavy atom. The van der Waals surface area contributed by atoms with E-state index in [2.05, 4.69) is 10.6 Å². The highest BCUT2D eigenvalue weighted by Crippen LogP contribution is 2.49. The molecular weight excluding hydrogens is 324 g/mol. The maximum atomic E-state index is 12.5. The van der Waals surface area contributed by atoms with Crippen molar-refractivity contribution in [3.63, 3.8) is 0 Å². The number of carbonyl (C=O) groups is 2. The number of nitrogens with one attached hydrogen (secondary N) is 2. The van der Waals surface area contributed by atoms with Crippen LogP contribution in [0, 0.1) is 35.5 Å². The van der Waals surface area contributed by atoms with E-state index >= 15 is 0 Å². The minimum absolute atomic E-state index is 0.177. The first kappa shape index (κ1) is 16.3. The molecule has 2 amide bonds. The Morgan fingerprint density at radius 3 is 1.38 bits per heavy atom. The van der Waals surface area contributed by atoms with Gasteiger partial charge in [-0.1, -0.05) is 12.8 Å². The van der Waals surface area contributed by atoms with Crippen LogP contribution in [0.15, 0.2) is 24.3 Å². The summed E-state index contributed by atoms with van der Waals surface area (Å²) < 4.78 is 0. The maximum Gasteiger partial charge on any atom is 0.227 e. The Balaban J connectivity index is 1.17. The van der Waals surface area contributed by atoms with E-state index in [1.807, 2.05) is 24.3 Å². The van der Waals surface area contributed by atoms with Gasteiger partial charge in [0.05, 0.1) is 0 Å². The number of carbonyl (C=O) groups excluding carboxylic acids is 2. The van der Waals surface area contributed by atoms with Gasteiger partial charge in [0.25, 0.3) is 0 Å². The van der Waals surface area contributed by atoms with Crippen LogP contribution < -0.4 is 10.6 Å². The van der Waals surface area contributed by atoms with Crippen LogP contribution in [0.1, 0.15) is 51.4 Å². The monoisotopic (exact) mass is 352 g/mol. The van der Waals surface area contributed by atoms with Crippen molar-refractivity contribution in [3.8, 4) is 0 Å². The molecule has 138 valence electrons. The molecule has 4 heteroatoms. The predicted molar refractivity (Wildman–Crippen MR) is 102 cm³/mol. The fraction of sp³-hybridized carbons (Fsp3) is 0.636. The van der Waals surface area contributed by atoms with Crippen LogP contribution in [0.5, 0.6) is 0 Å². The lowest BCUT2D eigenvalue weighted by Gasteiger charge is -2.21. The molecule has 1 aromatic carbocycles. The van der Waals surface area contributed by atoms with Crippen molar-refractivity contribution in [1.29, 1.82) is 0 Å². The van der Waals surface area contributed by atoms with E-state index in [0.717, 1.165) is 36.1 Å². The number of amides is 2.